The van der Waals surface area contributed by atoms with Gasteiger partial charge in [-0.25, -0.2) is 0 Å². The molecule has 0 aliphatic heterocycles. The molecule has 2 N–H and O–H groups in total. The summed E-state index contributed by atoms with van der Waals surface area (Å²) in [5.74, 6) is -0.535. The highest BCUT2D eigenvalue weighted by Gasteiger charge is 2.07. The maximum absolute atomic E-state index is 12.0. The first-order chi connectivity index (χ1) is 12.2. The van der Waals surface area contributed by atoms with Crippen LogP contribution in [0, 0.1) is 0 Å². The second kappa shape index (κ2) is 7.93. The van der Waals surface area contributed by atoms with Crippen LogP contribution in [-0.4, -0.2) is 18.4 Å². The summed E-state index contributed by atoms with van der Waals surface area (Å²) >= 11 is 0. The van der Waals surface area contributed by atoms with Crippen molar-refractivity contribution in [3.8, 4) is 11.1 Å². The zero-order valence-corrected chi connectivity index (χ0v) is 13.6. The summed E-state index contributed by atoms with van der Waals surface area (Å²) in [6, 6.07) is 26.4. The third-order valence-corrected chi connectivity index (χ3v) is 3.72. The zero-order chi connectivity index (χ0) is 17.5. The van der Waals surface area contributed by atoms with E-state index in [1.165, 1.54) is 0 Å². The minimum absolute atomic E-state index is 0.0752. The number of benzene rings is 3. The molecule has 0 spiro atoms. The minimum atomic E-state index is -0.268. The van der Waals surface area contributed by atoms with Gasteiger partial charge in [0, 0.05) is 11.3 Å². The average molecular weight is 330 g/mol. The molecule has 0 radical (unpaired) electrons. The van der Waals surface area contributed by atoms with Gasteiger partial charge in [-0.1, -0.05) is 60.7 Å². The van der Waals surface area contributed by atoms with Crippen LogP contribution < -0.4 is 10.6 Å². The number of nitrogens with one attached hydrogen (secondary N) is 2. The lowest BCUT2D eigenvalue weighted by Crippen LogP contribution is -2.32. The van der Waals surface area contributed by atoms with Crippen molar-refractivity contribution in [2.45, 2.75) is 0 Å². The SMILES string of the molecule is O=C(CNC(=O)c1ccccc1)Nc1ccc(-c2ccccc2)cc1. The molecule has 3 aromatic carbocycles. The van der Waals surface area contributed by atoms with Gasteiger partial charge in [0.1, 0.15) is 0 Å². The molecule has 0 aliphatic rings. The number of hydrogen-bond donors (Lipinski definition) is 2. The Hall–Kier alpha value is -3.40. The van der Waals surface area contributed by atoms with Crippen LogP contribution in [0.5, 0.6) is 0 Å². The molecule has 0 saturated heterocycles. The van der Waals surface area contributed by atoms with E-state index < -0.39 is 0 Å². The quantitative estimate of drug-likeness (QED) is 0.749. The highest BCUT2D eigenvalue weighted by Crippen LogP contribution is 2.20. The first kappa shape index (κ1) is 16.5. The summed E-state index contributed by atoms with van der Waals surface area (Å²) in [7, 11) is 0. The molecule has 0 aliphatic carbocycles. The largest absolute Gasteiger partial charge is 0.343 e. The predicted molar refractivity (Wildman–Crippen MR) is 99.3 cm³/mol. The van der Waals surface area contributed by atoms with Gasteiger partial charge in [-0.3, -0.25) is 9.59 Å². The van der Waals surface area contributed by atoms with Crippen molar-refractivity contribution in [2.75, 3.05) is 11.9 Å². The van der Waals surface area contributed by atoms with Crippen molar-refractivity contribution in [2.24, 2.45) is 0 Å². The van der Waals surface area contributed by atoms with Gasteiger partial charge in [0.2, 0.25) is 5.91 Å². The van der Waals surface area contributed by atoms with Crippen molar-refractivity contribution >= 4 is 17.5 Å². The lowest BCUT2D eigenvalue weighted by molar-refractivity contribution is -0.115. The maximum Gasteiger partial charge on any atom is 0.251 e. The molecule has 4 heteroatoms. The molecule has 0 saturated carbocycles. The van der Waals surface area contributed by atoms with Crippen LogP contribution in [0.2, 0.25) is 0 Å². The lowest BCUT2D eigenvalue weighted by Gasteiger charge is -2.08. The molecule has 0 atom stereocenters. The van der Waals surface area contributed by atoms with Crippen LogP contribution in [0.15, 0.2) is 84.9 Å². The fourth-order valence-electron chi connectivity index (χ4n) is 2.43. The Morgan fingerprint density at radius 1 is 0.680 bits per heavy atom. The van der Waals surface area contributed by atoms with Crippen molar-refractivity contribution < 1.29 is 9.59 Å². The molecule has 124 valence electrons. The first-order valence-electron chi connectivity index (χ1n) is 8.01. The van der Waals surface area contributed by atoms with E-state index in [1.807, 2.05) is 60.7 Å². The van der Waals surface area contributed by atoms with Crippen molar-refractivity contribution in [1.29, 1.82) is 0 Å². The molecular weight excluding hydrogens is 312 g/mol. The van der Waals surface area contributed by atoms with Gasteiger partial charge in [0.15, 0.2) is 0 Å². The summed E-state index contributed by atoms with van der Waals surface area (Å²) in [4.78, 5) is 23.9. The molecule has 3 rings (SSSR count). The van der Waals surface area contributed by atoms with Crippen LogP contribution in [0.25, 0.3) is 11.1 Å². The zero-order valence-electron chi connectivity index (χ0n) is 13.6. The minimum Gasteiger partial charge on any atom is -0.343 e. The molecule has 0 aromatic heterocycles. The highest BCUT2D eigenvalue weighted by molar-refractivity contribution is 5.99. The third kappa shape index (κ3) is 4.54. The van der Waals surface area contributed by atoms with Gasteiger partial charge < -0.3 is 10.6 Å². The standard InChI is InChI=1S/C21H18N2O2/c24-20(15-22-21(25)18-9-5-2-6-10-18)23-19-13-11-17(12-14-19)16-7-3-1-4-8-16/h1-14H,15H2,(H,22,25)(H,23,24). The van der Waals surface area contributed by atoms with Crippen LogP contribution in [-0.2, 0) is 4.79 Å². The maximum atomic E-state index is 12.0. The Bertz CT molecular complexity index is 844. The Morgan fingerprint density at radius 3 is 1.88 bits per heavy atom. The van der Waals surface area contributed by atoms with Crippen molar-refractivity contribution in [1.82, 2.24) is 5.32 Å². The molecule has 0 heterocycles. The summed E-state index contributed by atoms with van der Waals surface area (Å²) in [5.41, 5.74) is 3.42. The van der Waals surface area contributed by atoms with Gasteiger partial charge >= 0.3 is 0 Å². The van der Waals surface area contributed by atoms with E-state index in [9.17, 15) is 9.59 Å². The molecule has 2 amide bonds. The molecule has 0 bridgehead atoms. The highest BCUT2D eigenvalue weighted by atomic mass is 16.2. The molecule has 0 fully saturated rings. The molecule has 3 aromatic rings. The number of carbonyl (C=O) groups excluding carboxylic acids is 2. The summed E-state index contributed by atoms with van der Waals surface area (Å²) in [6.07, 6.45) is 0. The van der Waals surface area contributed by atoms with E-state index >= 15 is 0 Å². The van der Waals surface area contributed by atoms with E-state index in [-0.39, 0.29) is 18.4 Å². The Morgan fingerprint density at radius 2 is 1.24 bits per heavy atom. The molecule has 0 unspecified atom stereocenters. The van der Waals surface area contributed by atoms with Crippen molar-refractivity contribution in [3.63, 3.8) is 0 Å². The van der Waals surface area contributed by atoms with Crippen LogP contribution in [0.3, 0.4) is 0 Å². The van der Waals surface area contributed by atoms with Gasteiger partial charge in [-0.15, -0.1) is 0 Å². The monoisotopic (exact) mass is 330 g/mol. The number of hydrogen-bond acceptors (Lipinski definition) is 2. The fraction of sp³-hybridized carbons (Fsp3) is 0.0476. The van der Waals surface area contributed by atoms with E-state index in [0.717, 1.165) is 11.1 Å². The number of rotatable bonds is 5. The first-order valence-corrected chi connectivity index (χ1v) is 8.01. The Kier molecular flexibility index (Phi) is 5.22. The van der Waals surface area contributed by atoms with Gasteiger partial charge in [-0.05, 0) is 35.4 Å². The predicted octanol–water partition coefficient (Wildman–Crippen LogP) is 3.72. The molecular formula is C21H18N2O2. The van der Waals surface area contributed by atoms with Crippen LogP contribution in [0.1, 0.15) is 10.4 Å². The van der Waals surface area contributed by atoms with Crippen LogP contribution >= 0.6 is 0 Å². The normalized spacial score (nSPS) is 10.1. The Labute approximate surface area is 146 Å². The second-order valence-electron chi connectivity index (χ2n) is 5.54. The van der Waals surface area contributed by atoms with Gasteiger partial charge in [0.25, 0.3) is 5.91 Å². The van der Waals surface area contributed by atoms with Crippen molar-refractivity contribution in [3.05, 3.63) is 90.5 Å². The van der Waals surface area contributed by atoms with Crippen LogP contribution in [0.4, 0.5) is 5.69 Å². The number of carbonyl (C=O) groups is 2. The number of amides is 2. The Balaban J connectivity index is 1.54. The second-order valence-corrected chi connectivity index (χ2v) is 5.54. The molecule has 4 nitrogen and oxygen atoms in total. The fourth-order valence-corrected chi connectivity index (χ4v) is 2.43. The summed E-state index contributed by atoms with van der Waals surface area (Å²) < 4.78 is 0. The third-order valence-electron chi connectivity index (χ3n) is 3.72. The van der Waals surface area contributed by atoms with Gasteiger partial charge in [0.05, 0.1) is 6.54 Å². The number of anilines is 1. The average Bonchev–Trinajstić information content (AvgIpc) is 2.68. The van der Waals surface area contributed by atoms with E-state index in [1.54, 1.807) is 24.3 Å². The lowest BCUT2D eigenvalue weighted by atomic mass is 10.1. The van der Waals surface area contributed by atoms with E-state index in [2.05, 4.69) is 10.6 Å². The van der Waals surface area contributed by atoms with E-state index in [4.69, 9.17) is 0 Å². The topological polar surface area (TPSA) is 58.2 Å². The van der Waals surface area contributed by atoms with E-state index in [0.29, 0.717) is 11.3 Å². The smallest absolute Gasteiger partial charge is 0.251 e. The molecule has 25 heavy (non-hydrogen) atoms. The summed E-state index contributed by atoms with van der Waals surface area (Å²) in [5, 5.41) is 5.38. The summed E-state index contributed by atoms with van der Waals surface area (Å²) in [6.45, 7) is -0.0752. The van der Waals surface area contributed by atoms with Gasteiger partial charge in [-0.2, -0.15) is 0 Å².